The predicted octanol–water partition coefficient (Wildman–Crippen LogP) is 1.53. The Morgan fingerprint density at radius 3 is 2.88 bits per heavy atom. The molecular formula is C9H10ClN3O4. The number of esters is 1. The molecule has 8 heteroatoms. The van der Waals surface area contributed by atoms with E-state index in [-0.39, 0.29) is 36.0 Å². The molecule has 0 aliphatic heterocycles. The highest BCUT2D eigenvalue weighted by Gasteiger charge is 2.21. The number of rotatable bonds is 5. The van der Waals surface area contributed by atoms with Crippen LogP contribution in [0.1, 0.15) is 19.0 Å². The number of aromatic nitrogens is 2. The van der Waals surface area contributed by atoms with Gasteiger partial charge in [0.2, 0.25) is 5.15 Å². The van der Waals surface area contributed by atoms with E-state index in [1.165, 1.54) is 0 Å². The Bertz CT molecular complexity index is 438. The second-order valence-corrected chi connectivity index (χ2v) is 3.38. The fraction of sp³-hybridized carbons (Fsp3) is 0.444. The van der Waals surface area contributed by atoms with Crippen LogP contribution in [0.3, 0.4) is 0 Å². The van der Waals surface area contributed by atoms with Crippen LogP contribution in [0, 0.1) is 10.1 Å². The van der Waals surface area contributed by atoms with Crippen molar-refractivity contribution in [3.05, 3.63) is 27.3 Å². The van der Waals surface area contributed by atoms with Gasteiger partial charge in [0.15, 0.2) is 0 Å². The molecule has 0 spiro atoms. The molecule has 92 valence electrons. The van der Waals surface area contributed by atoms with Gasteiger partial charge >= 0.3 is 11.7 Å². The second kappa shape index (κ2) is 6.09. The number of nitro groups is 1. The largest absolute Gasteiger partial charge is 0.466 e. The van der Waals surface area contributed by atoms with E-state index in [1.54, 1.807) is 6.92 Å². The lowest BCUT2D eigenvalue weighted by atomic mass is 10.2. The van der Waals surface area contributed by atoms with Crippen LogP contribution in [0.4, 0.5) is 5.69 Å². The summed E-state index contributed by atoms with van der Waals surface area (Å²) in [4.78, 5) is 28.5. The standard InChI is InChI=1S/C9H10ClN3O4/c1-2-17-7(14)4-3-6-8(13(15)16)9(10)12-5-11-6/h5H,2-4H2,1H3. The van der Waals surface area contributed by atoms with E-state index in [9.17, 15) is 14.9 Å². The Balaban J connectivity index is 2.81. The maximum Gasteiger partial charge on any atom is 0.327 e. The summed E-state index contributed by atoms with van der Waals surface area (Å²) >= 11 is 5.59. The first-order valence-corrected chi connectivity index (χ1v) is 5.23. The zero-order valence-electron chi connectivity index (χ0n) is 9.05. The maximum absolute atomic E-state index is 11.1. The summed E-state index contributed by atoms with van der Waals surface area (Å²) in [5, 5.41) is 10.5. The minimum Gasteiger partial charge on any atom is -0.466 e. The number of hydrogen-bond donors (Lipinski definition) is 0. The molecular weight excluding hydrogens is 250 g/mol. The SMILES string of the molecule is CCOC(=O)CCc1ncnc(Cl)c1[N+](=O)[O-]. The lowest BCUT2D eigenvalue weighted by Gasteiger charge is -2.02. The summed E-state index contributed by atoms with van der Waals surface area (Å²) in [5.41, 5.74) is -0.235. The zero-order chi connectivity index (χ0) is 12.8. The van der Waals surface area contributed by atoms with Gasteiger partial charge in [0.25, 0.3) is 0 Å². The van der Waals surface area contributed by atoms with Crippen molar-refractivity contribution in [1.29, 1.82) is 0 Å². The van der Waals surface area contributed by atoms with Gasteiger partial charge in [-0.25, -0.2) is 9.97 Å². The fourth-order valence-electron chi connectivity index (χ4n) is 1.21. The molecule has 17 heavy (non-hydrogen) atoms. The number of hydrogen-bond acceptors (Lipinski definition) is 6. The molecule has 0 atom stereocenters. The van der Waals surface area contributed by atoms with E-state index < -0.39 is 10.9 Å². The van der Waals surface area contributed by atoms with Crippen LogP contribution in [-0.2, 0) is 16.0 Å². The summed E-state index contributed by atoms with van der Waals surface area (Å²) in [6.07, 6.45) is 1.23. The molecule has 1 rings (SSSR count). The van der Waals surface area contributed by atoms with E-state index in [1.807, 2.05) is 0 Å². The minimum absolute atomic E-state index is 0.0159. The van der Waals surface area contributed by atoms with E-state index in [0.717, 1.165) is 6.33 Å². The number of halogens is 1. The third-order valence-electron chi connectivity index (χ3n) is 1.91. The molecule has 0 saturated carbocycles. The fourth-order valence-corrected chi connectivity index (χ4v) is 1.43. The van der Waals surface area contributed by atoms with Crippen LogP contribution in [0.2, 0.25) is 5.15 Å². The molecule has 0 N–H and O–H groups in total. The molecule has 0 saturated heterocycles. The Morgan fingerprint density at radius 2 is 2.29 bits per heavy atom. The Labute approximate surface area is 102 Å². The average Bonchev–Trinajstić information content (AvgIpc) is 2.26. The topological polar surface area (TPSA) is 95.2 Å². The molecule has 1 aromatic rings. The Kier molecular flexibility index (Phi) is 4.77. The van der Waals surface area contributed by atoms with E-state index >= 15 is 0 Å². The van der Waals surface area contributed by atoms with Crippen molar-refractivity contribution in [3.63, 3.8) is 0 Å². The molecule has 0 amide bonds. The van der Waals surface area contributed by atoms with Crippen LogP contribution in [-0.4, -0.2) is 27.5 Å². The molecule has 0 aliphatic carbocycles. The van der Waals surface area contributed by atoms with Gasteiger partial charge < -0.3 is 4.74 Å². The Hall–Kier alpha value is -1.76. The second-order valence-electron chi connectivity index (χ2n) is 3.02. The van der Waals surface area contributed by atoms with E-state index in [0.29, 0.717) is 0 Å². The number of carbonyl (C=O) groups excluding carboxylic acids is 1. The summed E-state index contributed by atoms with van der Waals surface area (Å²) in [5.74, 6) is -0.434. The molecule has 1 aromatic heterocycles. The molecule has 0 aliphatic rings. The van der Waals surface area contributed by atoms with Crippen LogP contribution >= 0.6 is 11.6 Å². The van der Waals surface area contributed by atoms with Gasteiger partial charge in [0.1, 0.15) is 12.0 Å². The first-order chi connectivity index (χ1) is 8.06. The number of aryl methyl sites for hydroxylation is 1. The van der Waals surface area contributed by atoms with Gasteiger partial charge in [-0.2, -0.15) is 0 Å². The maximum atomic E-state index is 11.1. The molecule has 1 heterocycles. The highest BCUT2D eigenvalue weighted by molar-refractivity contribution is 6.31. The van der Waals surface area contributed by atoms with Crippen LogP contribution in [0.25, 0.3) is 0 Å². The van der Waals surface area contributed by atoms with Crippen LogP contribution in [0.5, 0.6) is 0 Å². The first kappa shape index (κ1) is 13.3. The normalized spacial score (nSPS) is 10.0. The summed E-state index contributed by atoms with van der Waals surface area (Å²) < 4.78 is 4.71. The van der Waals surface area contributed by atoms with Crippen molar-refractivity contribution < 1.29 is 14.5 Å². The molecule has 0 aromatic carbocycles. The third kappa shape index (κ3) is 3.63. The van der Waals surface area contributed by atoms with Gasteiger partial charge in [-0.3, -0.25) is 14.9 Å². The predicted molar refractivity (Wildman–Crippen MR) is 58.7 cm³/mol. The van der Waals surface area contributed by atoms with Crippen molar-refractivity contribution in [2.75, 3.05) is 6.61 Å². The Morgan fingerprint density at radius 1 is 1.59 bits per heavy atom. The van der Waals surface area contributed by atoms with Crippen molar-refractivity contribution in [1.82, 2.24) is 9.97 Å². The van der Waals surface area contributed by atoms with E-state index in [4.69, 9.17) is 16.3 Å². The quantitative estimate of drug-likeness (QED) is 0.344. The van der Waals surface area contributed by atoms with Crippen molar-refractivity contribution in [2.24, 2.45) is 0 Å². The molecule has 0 fully saturated rings. The monoisotopic (exact) mass is 259 g/mol. The smallest absolute Gasteiger partial charge is 0.327 e. The summed E-state index contributed by atoms with van der Waals surface area (Å²) in [6.45, 7) is 1.95. The van der Waals surface area contributed by atoms with Crippen molar-refractivity contribution in [2.45, 2.75) is 19.8 Å². The van der Waals surface area contributed by atoms with Gasteiger partial charge in [-0.1, -0.05) is 11.6 Å². The zero-order valence-corrected chi connectivity index (χ0v) is 9.81. The highest BCUT2D eigenvalue weighted by atomic mass is 35.5. The molecule has 0 unspecified atom stereocenters. The van der Waals surface area contributed by atoms with Crippen molar-refractivity contribution >= 4 is 23.3 Å². The van der Waals surface area contributed by atoms with Crippen LogP contribution in [0.15, 0.2) is 6.33 Å². The average molecular weight is 260 g/mol. The number of carbonyl (C=O) groups is 1. The minimum atomic E-state index is -0.664. The van der Waals surface area contributed by atoms with E-state index in [2.05, 4.69) is 9.97 Å². The number of ether oxygens (including phenoxy) is 1. The highest BCUT2D eigenvalue weighted by Crippen LogP contribution is 2.25. The lowest BCUT2D eigenvalue weighted by molar-refractivity contribution is -0.386. The van der Waals surface area contributed by atoms with Gasteiger partial charge in [-0.15, -0.1) is 0 Å². The molecule has 0 bridgehead atoms. The van der Waals surface area contributed by atoms with Gasteiger partial charge in [-0.05, 0) is 6.92 Å². The molecule has 7 nitrogen and oxygen atoms in total. The lowest BCUT2D eigenvalue weighted by Crippen LogP contribution is -2.08. The third-order valence-corrected chi connectivity index (χ3v) is 2.18. The molecule has 0 radical (unpaired) electrons. The summed E-state index contributed by atoms with van der Waals surface area (Å²) in [7, 11) is 0. The van der Waals surface area contributed by atoms with Crippen LogP contribution < -0.4 is 0 Å². The first-order valence-electron chi connectivity index (χ1n) is 4.85. The number of nitrogens with zero attached hydrogens (tertiary/aromatic N) is 3. The van der Waals surface area contributed by atoms with Gasteiger partial charge in [0.05, 0.1) is 18.0 Å². The van der Waals surface area contributed by atoms with Gasteiger partial charge in [0, 0.05) is 6.42 Å². The van der Waals surface area contributed by atoms with Crippen molar-refractivity contribution in [3.8, 4) is 0 Å². The summed E-state index contributed by atoms with van der Waals surface area (Å²) in [6, 6.07) is 0.